The standard InChI is InChI=1S/C24H22N2O7/c1-2-33-21(27)14-20(16-9-11-19(12-10-16)26(31)32)22(24(29)30)25-23(28)18-8-7-15-5-3-4-6-17(15)13-18/h3-13,20,22H,2,14H2,1H3,(H,25,28)(H,29,30)/t20-,22+/m0/s1. The number of aliphatic carboxylic acids is 1. The topological polar surface area (TPSA) is 136 Å². The molecule has 3 rings (SSSR count). The van der Waals surface area contributed by atoms with Crippen LogP contribution in [-0.4, -0.2) is 40.5 Å². The molecule has 0 fully saturated rings. The van der Waals surface area contributed by atoms with Crippen molar-refractivity contribution in [2.24, 2.45) is 0 Å². The summed E-state index contributed by atoms with van der Waals surface area (Å²) in [5, 5.41) is 25.1. The normalized spacial score (nSPS) is 12.5. The van der Waals surface area contributed by atoms with Gasteiger partial charge in [0.05, 0.1) is 18.0 Å². The van der Waals surface area contributed by atoms with Crippen LogP contribution in [0.3, 0.4) is 0 Å². The molecule has 2 atom stereocenters. The van der Waals surface area contributed by atoms with E-state index in [0.29, 0.717) is 5.56 Å². The van der Waals surface area contributed by atoms with Crippen LogP contribution in [0.1, 0.15) is 35.2 Å². The van der Waals surface area contributed by atoms with Crippen molar-refractivity contribution in [1.82, 2.24) is 5.32 Å². The molecule has 0 heterocycles. The van der Waals surface area contributed by atoms with E-state index < -0.39 is 34.7 Å². The second-order valence-corrected chi connectivity index (χ2v) is 7.32. The summed E-state index contributed by atoms with van der Waals surface area (Å²) in [5.74, 6) is -3.63. The Morgan fingerprint density at radius 2 is 1.70 bits per heavy atom. The molecule has 0 spiro atoms. The molecule has 9 nitrogen and oxygen atoms in total. The van der Waals surface area contributed by atoms with Crippen LogP contribution in [-0.2, 0) is 14.3 Å². The highest BCUT2D eigenvalue weighted by atomic mass is 16.6. The zero-order valence-corrected chi connectivity index (χ0v) is 17.8. The molecule has 1 amide bonds. The Morgan fingerprint density at radius 3 is 2.30 bits per heavy atom. The van der Waals surface area contributed by atoms with Crippen LogP contribution in [0.25, 0.3) is 10.8 Å². The van der Waals surface area contributed by atoms with Gasteiger partial charge in [-0.15, -0.1) is 0 Å². The minimum atomic E-state index is -1.48. The van der Waals surface area contributed by atoms with Crippen molar-refractivity contribution in [1.29, 1.82) is 0 Å². The first-order chi connectivity index (χ1) is 15.8. The Morgan fingerprint density at radius 1 is 1.03 bits per heavy atom. The van der Waals surface area contributed by atoms with Gasteiger partial charge in [0.15, 0.2) is 0 Å². The predicted molar refractivity (Wildman–Crippen MR) is 120 cm³/mol. The smallest absolute Gasteiger partial charge is 0.326 e. The molecule has 2 N–H and O–H groups in total. The van der Waals surface area contributed by atoms with Crippen molar-refractivity contribution in [3.8, 4) is 0 Å². The Hall–Kier alpha value is -4.27. The first kappa shape index (κ1) is 23.4. The first-order valence-corrected chi connectivity index (χ1v) is 10.2. The van der Waals surface area contributed by atoms with E-state index in [4.69, 9.17) is 4.74 Å². The highest BCUT2D eigenvalue weighted by molar-refractivity contribution is 6.00. The summed E-state index contributed by atoms with van der Waals surface area (Å²) < 4.78 is 4.97. The molecule has 0 bridgehead atoms. The Balaban J connectivity index is 1.92. The second kappa shape index (κ2) is 10.4. The molecule has 3 aromatic rings. The third-order valence-electron chi connectivity index (χ3n) is 5.19. The van der Waals surface area contributed by atoms with Crippen molar-refractivity contribution in [2.45, 2.75) is 25.3 Å². The summed E-state index contributed by atoms with van der Waals surface area (Å²) in [6, 6.07) is 16.1. The number of hydrogen-bond donors (Lipinski definition) is 2. The molecule has 0 aliphatic carbocycles. The molecule has 0 unspecified atom stereocenters. The van der Waals surface area contributed by atoms with E-state index in [2.05, 4.69) is 5.32 Å². The number of nitro groups is 1. The summed E-state index contributed by atoms with van der Waals surface area (Å²) in [5.41, 5.74) is 0.430. The van der Waals surface area contributed by atoms with Gasteiger partial charge in [-0.25, -0.2) is 4.79 Å². The van der Waals surface area contributed by atoms with Gasteiger partial charge in [0.25, 0.3) is 11.6 Å². The molecule has 0 aliphatic rings. The number of amides is 1. The molecule has 0 radical (unpaired) electrons. The third kappa shape index (κ3) is 5.70. The van der Waals surface area contributed by atoms with E-state index in [1.165, 1.54) is 24.3 Å². The van der Waals surface area contributed by atoms with Crippen LogP contribution in [0.4, 0.5) is 5.69 Å². The molecule has 0 aromatic heterocycles. The van der Waals surface area contributed by atoms with Crippen LogP contribution in [0.5, 0.6) is 0 Å². The number of rotatable bonds is 9. The fourth-order valence-electron chi connectivity index (χ4n) is 3.56. The van der Waals surface area contributed by atoms with Crippen molar-refractivity contribution in [3.63, 3.8) is 0 Å². The number of hydrogen-bond acceptors (Lipinski definition) is 6. The largest absolute Gasteiger partial charge is 0.480 e. The maximum absolute atomic E-state index is 12.9. The minimum absolute atomic E-state index is 0.104. The summed E-state index contributed by atoms with van der Waals surface area (Å²) in [6.45, 7) is 1.72. The van der Waals surface area contributed by atoms with Gasteiger partial charge in [0.2, 0.25) is 0 Å². The lowest BCUT2D eigenvalue weighted by molar-refractivity contribution is -0.384. The average Bonchev–Trinajstić information content (AvgIpc) is 2.81. The van der Waals surface area contributed by atoms with E-state index in [-0.39, 0.29) is 24.3 Å². The van der Waals surface area contributed by atoms with E-state index >= 15 is 0 Å². The molecule has 0 saturated carbocycles. The fraction of sp³-hybridized carbons (Fsp3) is 0.208. The Labute approximate surface area is 189 Å². The number of nitrogens with one attached hydrogen (secondary N) is 1. The molecular weight excluding hydrogens is 428 g/mol. The second-order valence-electron chi connectivity index (χ2n) is 7.32. The van der Waals surface area contributed by atoms with Gasteiger partial charge in [-0.3, -0.25) is 19.7 Å². The van der Waals surface area contributed by atoms with E-state index in [1.807, 2.05) is 24.3 Å². The monoisotopic (exact) mass is 450 g/mol. The van der Waals surface area contributed by atoms with Crippen molar-refractivity contribution < 1.29 is 29.2 Å². The van der Waals surface area contributed by atoms with Crippen molar-refractivity contribution >= 4 is 34.3 Å². The van der Waals surface area contributed by atoms with E-state index in [1.54, 1.807) is 25.1 Å². The van der Waals surface area contributed by atoms with Crippen LogP contribution < -0.4 is 5.32 Å². The molecule has 33 heavy (non-hydrogen) atoms. The summed E-state index contributed by atoms with van der Waals surface area (Å²) >= 11 is 0. The van der Waals surface area contributed by atoms with Gasteiger partial charge in [0, 0.05) is 23.6 Å². The molecule has 0 saturated heterocycles. The highest BCUT2D eigenvalue weighted by Crippen LogP contribution is 2.27. The molecule has 3 aromatic carbocycles. The number of carbonyl (C=O) groups excluding carboxylic acids is 2. The van der Waals surface area contributed by atoms with E-state index in [9.17, 15) is 29.6 Å². The number of carboxylic acids is 1. The zero-order chi connectivity index (χ0) is 24.0. The summed E-state index contributed by atoms with van der Waals surface area (Å²) in [4.78, 5) is 47.6. The average molecular weight is 450 g/mol. The lowest BCUT2D eigenvalue weighted by Gasteiger charge is -2.25. The lowest BCUT2D eigenvalue weighted by atomic mass is 9.88. The summed E-state index contributed by atoms with van der Waals surface area (Å²) in [7, 11) is 0. The number of ether oxygens (including phenoxy) is 1. The van der Waals surface area contributed by atoms with Crippen LogP contribution in [0, 0.1) is 10.1 Å². The quantitative estimate of drug-likeness (QED) is 0.288. The van der Waals surface area contributed by atoms with Gasteiger partial charge in [0.1, 0.15) is 6.04 Å². The number of fused-ring (bicyclic) bond motifs is 1. The van der Waals surface area contributed by atoms with E-state index in [0.717, 1.165) is 10.8 Å². The number of esters is 1. The summed E-state index contributed by atoms with van der Waals surface area (Å²) in [6.07, 6.45) is -0.333. The maximum atomic E-state index is 12.9. The zero-order valence-electron chi connectivity index (χ0n) is 17.8. The van der Waals surface area contributed by atoms with Crippen LogP contribution in [0.15, 0.2) is 66.7 Å². The van der Waals surface area contributed by atoms with Crippen LogP contribution >= 0.6 is 0 Å². The Kier molecular flexibility index (Phi) is 7.34. The highest BCUT2D eigenvalue weighted by Gasteiger charge is 2.33. The van der Waals surface area contributed by atoms with Gasteiger partial charge in [-0.1, -0.05) is 42.5 Å². The maximum Gasteiger partial charge on any atom is 0.326 e. The first-order valence-electron chi connectivity index (χ1n) is 10.2. The van der Waals surface area contributed by atoms with Crippen molar-refractivity contribution in [2.75, 3.05) is 6.61 Å². The number of nitro benzene ring substituents is 1. The van der Waals surface area contributed by atoms with Gasteiger partial charge in [-0.2, -0.15) is 0 Å². The number of carbonyl (C=O) groups is 3. The predicted octanol–water partition coefficient (Wildman–Crippen LogP) is 3.67. The SMILES string of the molecule is CCOC(=O)C[C@@H](c1ccc([N+](=O)[O-])cc1)[C@@H](NC(=O)c1ccc2ccccc2c1)C(=O)O. The van der Waals surface area contributed by atoms with Crippen molar-refractivity contribution in [3.05, 3.63) is 88.0 Å². The number of benzene rings is 3. The number of carboxylic acid groups (broad SMARTS) is 1. The van der Waals surface area contributed by atoms with Gasteiger partial charge < -0.3 is 15.2 Å². The van der Waals surface area contributed by atoms with Gasteiger partial charge in [-0.05, 0) is 35.4 Å². The molecule has 0 aliphatic heterocycles. The number of non-ortho nitro benzene ring substituents is 1. The van der Waals surface area contributed by atoms with Gasteiger partial charge >= 0.3 is 11.9 Å². The minimum Gasteiger partial charge on any atom is -0.480 e. The Bertz CT molecular complexity index is 1190. The molecule has 170 valence electrons. The molecule has 9 heteroatoms. The van der Waals surface area contributed by atoms with Crippen LogP contribution in [0.2, 0.25) is 0 Å². The fourth-order valence-corrected chi connectivity index (χ4v) is 3.56. The lowest BCUT2D eigenvalue weighted by Crippen LogP contribution is -2.45. The third-order valence-corrected chi connectivity index (χ3v) is 5.19. The molecular formula is C24H22N2O7. The number of nitrogens with zero attached hydrogens (tertiary/aromatic N) is 1.